The van der Waals surface area contributed by atoms with Crippen LogP contribution in [0.25, 0.3) is 220 Å². The van der Waals surface area contributed by atoms with Crippen LogP contribution < -0.4 is 0 Å². The molecule has 0 amide bonds. The molecule has 0 aliphatic carbocycles. The zero-order chi connectivity index (χ0) is 78.2. The number of nitrogens with zero attached hydrogens (tertiary/aromatic N) is 12. The molecule has 0 radical (unpaired) electrons. The molecule has 0 N–H and O–H groups in total. The Hall–Kier alpha value is -15.5. The average molecular weight is 1550 g/mol. The van der Waals surface area contributed by atoms with Crippen LogP contribution in [0.5, 0.6) is 0 Å². The van der Waals surface area contributed by atoms with Crippen LogP contribution in [0, 0.1) is 0 Å². The smallest absolute Gasteiger partial charge is 0.164 e. The van der Waals surface area contributed by atoms with E-state index in [-0.39, 0.29) is 0 Å². The first-order chi connectivity index (χ1) is 58.4. The number of rotatable bonds is 14. The SMILES string of the molecule is c1ccc(-c2ccc(-c3nc(-c4ccccc4)nc(-c4ccc(-c5cccc(-c6cccc(-c7ccc8sc9c%10ccccc%10nnc9c8c7)c6)c5)cc4)n3)cc2)cc1.c1ccc(-c2ccc(-c3nc(-c4ccccc4)nc(-c4ccc(-c5cccc(-c6cccc(-c7ncnc8c7sc7nc9ccccc9nc78)c6)c5)cc4)n3)cc2)cc1. The van der Waals surface area contributed by atoms with Gasteiger partial charge < -0.3 is 0 Å². The fourth-order valence-electron chi connectivity index (χ4n) is 15.2. The first-order valence-corrected chi connectivity index (χ1v) is 40.5. The second-order valence-corrected chi connectivity index (χ2v) is 30.8. The van der Waals surface area contributed by atoms with Gasteiger partial charge in [0.2, 0.25) is 0 Å². The highest BCUT2D eigenvalue weighted by molar-refractivity contribution is 7.26. The molecule has 7 aromatic heterocycles. The third-order valence-electron chi connectivity index (χ3n) is 21.3. The quantitative estimate of drug-likeness (QED) is 0.102. The van der Waals surface area contributed by atoms with Crippen molar-refractivity contribution >= 4 is 85.5 Å². The monoisotopic (exact) mass is 1540 g/mol. The minimum Gasteiger partial charge on any atom is -0.241 e. The molecule has 22 aromatic rings. The lowest BCUT2D eigenvalue weighted by Crippen LogP contribution is -2.00. The molecular weight excluding hydrogens is 1480 g/mol. The van der Waals surface area contributed by atoms with E-state index in [4.69, 9.17) is 44.9 Å². The van der Waals surface area contributed by atoms with Crippen molar-refractivity contribution in [1.82, 2.24) is 60.0 Å². The molecule has 0 spiro atoms. The molecule has 0 saturated carbocycles. The van der Waals surface area contributed by atoms with E-state index in [2.05, 4.69) is 288 Å². The Bertz CT molecular complexity index is 7520. The first kappa shape index (κ1) is 70.4. The summed E-state index contributed by atoms with van der Waals surface area (Å²) in [6.07, 6.45) is 1.63. The van der Waals surface area contributed by atoms with Crippen molar-refractivity contribution in [2.45, 2.75) is 0 Å². The van der Waals surface area contributed by atoms with Gasteiger partial charge in [0.05, 0.1) is 31.6 Å². The van der Waals surface area contributed by atoms with Gasteiger partial charge in [-0.2, -0.15) is 0 Å². The Morgan fingerprint density at radius 1 is 0.178 bits per heavy atom. The molecule has 0 aliphatic heterocycles. The van der Waals surface area contributed by atoms with Gasteiger partial charge in [-0.1, -0.05) is 328 Å². The van der Waals surface area contributed by atoms with Gasteiger partial charge in [-0.15, -0.1) is 32.9 Å². The topological polar surface area (TPSA) is 155 Å². The Kier molecular flexibility index (Phi) is 18.4. The van der Waals surface area contributed by atoms with E-state index in [9.17, 15) is 0 Å². The summed E-state index contributed by atoms with van der Waals surface area (Å²) in [6.45, 7) is 0. The number of hydrogen-bond acceptors (Lipinski definition) is 14. The van der Waals surface area contributed by atoms with Crippen LogP contribution in [-0.4, -0.2) is 60.0 Å². The zero-order valence-electron chi connectivity index (χ0n) is 63.1. The molecule has 15 aromatic carbocycles. The van der Waals surface area contributed by atoms with Crippen LogP contribution in [-0.2, 0) is 0 Å². The normalized spacial score (nSPS) is 11.4. The van der Waals surface area contributed by atoms with E-state index in [1.807, 2.05) is 109 Å². The summed E-state index contributed by atoms with van der Waals surface area (Å²) >= 11 is 3.37. The Balaban J connectivity index is 0.000000147. The molecule has 0 aliphatic rings. The summed E-state index contributed by atoms with van der Waals surface area (Å²) in [7, 11) is 0. The highest BCUT2D eigenvalue weighted by Crippen LogP contribution is 2.42. The van der Waals surface area contributed by atoms with Crippen molar-refractivity contribution in [3.63, 3.8) is 0 Å². The Morgan fingerprint density at radius 2 is 0.492 bits per heavy atom. The lowest BCUT2D eigenvalue weighted by molar-refractivity contribution is 1.07. The van der Waals surface area contributed by atoms with Crippen molar-refractivity contribution in [3.05, 3.63) is 389 Å². The lowest BCUT2D eigenvalue weighted by atomic mass is 9.95. The third kappa shape index (κ3) is 14.0. The van der Waals surface area contributed by atoms with Gasteiger partial charge in [-0.25, -0.2) is 49.8 Å². The molecule has 22 rings (SSSR count). The number of aromatic nitrogens is 12. The molecule has 552 valence electrons. The van der Waals surface area contributed by atoms with Gasteiger partial charge in [-0.3, -0.25) is 0 Å². The lowest BCUT2D eigenvalue weighted by Gasteiger charge is -2.11. The van der Waals surface area contributed by atoms with E-state index in [1.165, 1.54) is 20.5 Å². The highest BCUT2D eigenvalue weighted by atomic mass is 32.1. The van der Waals surface area contributed by atoms with Gasteiger partial charge in [0.15, 0.2) is 34.9 Å². The molecule has 0 saturated heterocycles. The minimum atomic E-state index is 0.621. The summed E-state index contributed by atoms with van der Waals surface area (Å²) in [5, 5.41) is 11.5. The minimum absolute atomic E-state index is 0.621. The maximum Gasteiger partial charge on any atom is 0.164 e. The van der Waals surface area contributed by atoms with Crippen LogP contribution in [0.2, 0.25) is 0 Å². The second-order valence-electron chi connectivity index (χ2n) is 28.8. The van der Waals surface area contributed by atoms with Crippen molar-refractivity contribution in [2.24, 2.45) is 0 Å². The van der Waals surface area contributed by atoms with Crippen molar-refractivity contribution in [1.29, 1.82) is 0 Å². The Morgan fingerprint density at radius 3 is 0.932 bits per heavy atom. The maximum atomic E-state index is 5.00. The molecule has 0 bridgehead atoms. The maximum absolute atomic E-state index is 5.00. The standard InChI is InChI=1S/C53H33N5S.C51H31N7S/c1-3-11-34(12-4-1)35-21-25-38(26-22-35)52-54-51(37-13-5-2-6-14-37)55-53(56-52)39-27-23-36(24-28-39)40-15-9-16-41(31-40)42-17-10-18-43(32-42)44-29-30-48-46(33-44)49-50(59-48)45-19-7-8-20-47(45)57-58-49;1-3-11-32(12-4-1)33-21-25-36(26-22-33)49-56-48(35-13-5-2-6-14-35)57-50(58-49)37-27-23-34(24-28-37)38-15-9-16-39(29-38)40-17-10-18-41(30-40)44-47-45(53-31-52-44)46-51(59-47)55-43-20-8-7-19-42(43)54-46/h1-33H;1-31H. The largest absolute Gasteiger partial charge is 0.241 e. The van der Waals surface area contributed by atoms with Gasteiger partial charge in [-0.05, 0) is 132 Å². The molecule has 14 heteroatoms. The average Bonchev–Trinajstić information content (AvgIpc) is 1.60. The summed E-state index contributed by atoms with van der Waals surface area (Å²) in [6, 6.07) is 132. The summed E-state index contributed by atoms with van der Waals surface area (Å²) in [5.41, 5.74) is 28.6. The molecule has 118 heavy (non-hydrogen) atoms. The van der Waals surface area contributed by atoms with E-state index < -0.39 is 0 Å². The summed E-state index contributed by atoms with van der Waals surface area (Å²) < 4.78 is 3.37. The third-order valence-corrected chi connectivity index (χ3v) is 23.6. The van der Waals surface area contributed by atoms with Crippen LogP contribution in [0.1, 0.15) is 0 Å². The molecule has 12 nitrogen and oxygen atoms in total. The van der Waals surface area contributed by atoms with E-state index >= 15 is 0 Å². The van der Waals surface area contributed by atoms with Crippen molar-refractivity contribution in [2.75, 3.05) is 0 Å². The van der Waals surface area contributed by atoms with Gasteiger partial charge in [0, 0.05) is 54.4 Å². The van der Waals surface area contributed by atoms with E-state index in [0.717, 1.165) is 165 Å². The van der Waals surface area contributed by atoms with Crippen LogP contribution in [0.15, 0.2) is 389 Å². The van der Waals surface area contributed by atoms with E-state index in [1.54, 1.807) is 29.0 Å². The summed E-state index contributed by atoms with van der Waals surface area (Å²) in [4.78, 5) is 49.9. The zero-order valence-corrected chi connectivity index (χ0v) is 64.8. The van der Waals surface area contributed by atoms with Crippen molar-refractivity contribution in [3.8, 4) is 157 Å². The number of hydrogen-bond donors (Lipinski definition) is 0. The van der Waals surface area contributed by atoms with Gasteiger partial charge in [0.25, 0.3) is 0 Å². The molecule has 0 atom stereocenters. The molecular formula is C104H64N12S2. The van der Waals surface area contributed by atoms with Gasteiger partial charge in [0.1, 0.15) is 27.7 Å². The van der Waals surface area contributed by atoms with Crippen LogP contribution in [0.3, 0.4) is 0 Å². The summed E-state index contributed by atoms with van der Waals surface area (Å²) in [5.74, 6) is 3.79. The number of benzene rings is 15. The van der Waals surface area contributed by atoms with Gasteiger partial charge >= 0.3 is 0 Å². The molecule has 0 unspecified atom stereocenters. The van der Waals surface area contributed by atoms with Crippen LogP contribution in [0.4, 0.5) is 0 Å². The predicted octanol–water partition coefficient (Wildman–Crippen LogP) is 26.5. The fourth-order valence-corrected chi connectivity index (χ4v) is 17.5. The predicted molar refractivity (Wildman–Crippen MR) is 483 cm³/mol. The van der Waals surface area contributed by atoms with Crippen LogP contribution >= 0.6 is 22.7 Å². The second kappa shape index (κ2) is 30.8. The molecule has 0 fully saturated rings. The Labute approximate surface area is 686 Å². The fraction of sp³-hybridized carbons (Fsp3) is 0. The van der Waals surface area contributed by atoms with E-state index in [0.29, 0.717) is 34.9 Å². The number of para-hydroxylation sites is 2. The number of fused-ring (bicyclic) bond motifs is 9. The first-order valence-electron chi connectivity index (χ1n) is 38.9. The molecule has 7 heterocycles. The number of thiophene rings is 2. The highest BCUT2D eigenvalue weighted by Gasteiger charge is 2.21. The van der Waals surface area contributed by atoms with Crippen molar-refractivity contribution < 1.29 is 0 Å².